The van der Waals surface area contributed by atoms with E-state index in [-0.39, 0.29) is 17.8 Å². The van der Waals surface area contributed by atoms with Crippen molar-refractivity contribution in [3.8, 4) is 0 Å². The van der Waals surface area contributed by atoms with Crippen molar-refractivity contribution in [1.82, 2.24) is 10.2 Å². The fraction of sp³-hybridized carbons (Fsp3) is 0.385. The number of aromatic amines is 1. The van der Waals surface area contributed by atoms with Crippen LogP contribution in [0.15, 0.2) is 54.6 Å². The van der Waals surface area contributed by atoms with Gasteiger partial charge in [0.25, 0.3) is 0 Å². The number of nitrogen functional groups attached to an aromatic ring is 1. The maximum Gasteiger partial charge on any atom is 0.306 e. The molecule has 1 aromatic heterocycles. The molecule has 0 radical (unpaired) electrons. The largest absolute Gasteiger partial charge is 0.457 e. The Morgan fingerprint density at radius 2 is 2.03 bits per heavy atom. The van der Waals surface area contributed by atoms with Gasteiger partial charge in [0.05, 0.1) is 11.4 Å². The number of ether oxygens (including phenoxy) is 1. The van der Waals surface area contributed by atoms with Gasteiger partial charge in [0.15, 0.2) is 0 Å². The molecule has 1 unspecified atom stereocenters. The monoisotopic (exact) mass is 441 g/mol. The van der Waals surface area contributed by atoms with Gasteiger partial charge in [-0.15, -0.1) is 0 Å². The van der Waals surface area contributed by atoms with Crippen LogP contribution in [0.5, 0.6) is 0 Å². The number of hydrogen-bond donors (Lipinski definition) is 2. The minimum atomic E-state index is -0.453. The van der Waals surface area contributed by atoms with Crippen LogP contribution in [0.1, 0.15) is 76.4 Å². The summed E-state index contributed by atoms with van der Waals surface area (Å²) >= 11 is 0. The summed E-state index contributed by atoms with van der Waals surface area (Å²) < 4.78 is 18.3. The summed E-state index contributed by atoms with van der Waals surface area (Å²) in [5.41, 5.74) is 9.53. The summed E-state index contributed by atoms with van der Waals surface area (Å²) in [6, 6.07) is 6.48. The smallest absolute Gasteiger partial charge is 0.306 e. The Bertz CT molecular complexity index is 929. The van der Waals surface area contributed by atoms with Crippen molar-refractivity contribution in [3.05, 3.63) is 77.4 Å². The summed E-state index contributed by atoms with van der Waals surface area (Å²) in [6.07, 6.45) is 13.0. The van der Waals surface area contributed by atoms with E-state index in [0.29, 0.717) is 12.8 Å². The highest BCUT2D eigenvalue weighted by atomic mass is 19.1. The fourth-order valence-electron chi connectivity index (χ4n) is 2.84. The Labute approximate surface area is 191 Å². The number of rotatable bonds is 9. The van der Waals surface area contributed by atoms with Crippen molar-refractivity contribution in [2.45, 2.75) is 66.4 Å². The van der Waals surface area contributed by atoms with Gasteiger partial charge < -0.3 is 10.5 Å². The molecule has 3 N–H and O–H groups in total. The average molecular weight is 442 g/mol. The lowest BCUT2D eigenvalue weighted by molar-refractivity contribution is -0.149. The quantitative estimate of drug-likeness (QED) is 0.253. The zero-order valence-electron chi connectivity index (χ0n) is 19.8. The van der Waals surface area contributed by atoms with Crippen molar-refractivity contribution >= 4 is 17.2 Å². The summed E-state index contributed by atoms with van der Waals surface area (Å²) in [5.74, 6) is -0.711. The van der Waals surface area contributed by atoms with E-state index < -0.39 is 5.82 Å². The van der Waals surface area contributed by atoms with Gasteiger partial charge >= 0.3 is 5.97 Å². The van der Waals surface area contributed by atoms with Gasteiger partial charge in [-0.3, -0.25) is 9.89 Å². The average Bonchev–Trinajstić information content (AvgIpc) is 3.21. The number of aryl methyl sites for hydroxylation is 1. The number of halogens is 1. The molecule has 0 aliphatic carbocycles. The highest BCUT2D eigenvalue weighted by Crippen LogP contribution is 2.26. The van der Waals surface area contributed by atoms with Gasteiger partial charge in [-0.25, -0.2) is 4.39 Å². The number of esters is 1. The molecule has 0 bridgehead atoms. The van der Waals surface area contributed by atoms with E-state index in [1.54, 1.807) is 13.0 Å². The molecule has 2 aromatic rings. The molecular weight excluding hydrogens is 405 g/mol. The Hall–Kier alpha value is -3.15. The van der Waals surface area contributed by atoms with Gasteiger partial charge in [0, 0.05) is 17.7 Å². The van der Waals surface area contributed by atoms with E-state index in [4.69, 9.17) is 10.5 Å². The molecule has 32 heavy (non-hydrogen) atoms. The maximum atomic E-state index is 13.0. The first kappa shape index (κ1) is 26.9. The van der Waals surface area contributed by atoms with Crippen molar-refractivity contribution in [2.24, 2.45) is 0 Å². The van der Waals surface area contributed by atoms with Crippen LogP contribution >= 0.6 is 0 Å². The zero-order chi connectivity index (χ0) is 23.9. The van der Waals surface area contributed by atoms with Crippen LogP contribution in [0.3, 0.4) is 0 Å². The third kappa shape index (κ3) is 9.33. The van der Waals surface area contributed by atoms with E-state index >= 15 is 0 Å². The normalized spacial score (nSPS) is 12.6. The van der Waals surface area contributed by atoms with Crippen LogP contribution in [-0.2, 0) is 9.53 Å². The lowest BCUT2D eigenvalue weighted by atomic mass is 10.0. The molecule has 6 heteroatoms. The first-order valence-electron chi connectivity index (χ1n) is 11.1. The predicted molar refractivity (Wildman–Crippen MR) is 130 cm³/mol. The number of carbonyl (C=O) groups excluding carboxylic acids is 1. The summed E-state index contributed by atoms with van der Waals surface area (Å²) in [6.45, 7) is 9.88. The maximum absolute atomic E-state index is 13.0. The molecule has 0 aliphatic rings. The Kier molecular flexibility index (Phi) is 12.4. The van der Waals surface area contributed by atoms with E-state index in [9.17, 15) is 9.18 Å². The molecule has 5 nitrogen and oxygen atoms in total. The van der Waals surface area contributed by atoms with Crippen LogP contribution in [0.2, 0.25) is 0 Å². The molecule has 0 aliphatic heterocycles. The number of carbonyl (C=O) groups is 1. The SMILES string of the molecule is CCCC(OC(=O)CC)c1ccc(F)c(N)c1.C\C=C/C(=C\C=C\CC)c1cc(C)[nH]n1. The Morgan fingerprint density at radius 1 is 1.28 bits per heavy atom. The fourth-order valence-corrected chi connectivity index (χ4v) is 2.84. The highest BCUT2D eigenvalue weighted by molar-refractivity contribution is 5.73. The molecule has 0 amide bonds. The second-order valence-electron chi connectivity index (χ2n) is 7.30. The highest BCUT2D eigenvalue weighted by Gasteiger charge is 2.16. The summed E-state index contributed by atoms with van der Waals surface area (Å²) in [4.78, 5) is 11.3. The second-order valence-corrected chi connectivity index (χ2v) is 7.30. The third-order valence-electron chi connectivity index (χ3n) is 4.50. The van der Waals surface area contributed by atoms with E-state index in [0.717, 1.165) is 35.4 Å². The molecule has 0 saturated heterocycles. The number of H-pyrrole nitrogens is 1. The minimum absolute atomic E-state index is 0.0798. The first-order valence-corrected chi connectivity index (χ1v) is 11.1. The van der Waals surface area contributed by atoms with Crippen LogP contribution in [-0.4, -0.2) is 16.2 Å². The molecule has 2 rings (SSSR count). The number of nitrogens with two attached hydrogens (primary N) is 1. The van der Waals surface area contributed by atoms with Gasteiger partial charge in [-0.2, -0.15) is 5.10 Å². The van der Waals surface area contributed by atoms with E-state index in [1.165, 1.54) is 12.1 Å². The van der Waals surface area contributed by atoms with Crippen LogP contribution in [0.4, 0.5) is 10.1 Å². The molecule has 1 aromatic carbocycles. The number of allylic oxidation sites excluding steroid dienone is 6. The van der Waals surface area contributed by atoms with Gasteiger partial charge in [-0.05, 0) is 50.5 Å². The van der Waals surface area contributed by atoms with Gasteiger partial charge in [0.1, 0.15) is 11.9 Å². The van der Waals surface area contributed by atoms with Crippen LogP contribution < -0.4 is 5.73 Å². The van der Waals surface area contributed by atoms with Crippen molar-refractivity contribution in [3.63, 3.8) is 0 Å². The minimum Gasteiger partial charge on any atom is -0.457 e. The third-order valence-corrected chi connectivity index (χ3v) is 4.50. The molecule has 1 atom stereocenters. The van der Waals surface area contributed by atoms with Crippen molar-refractivity contribution in [2.75, 3.05) is 5.73 Å². The van der Waals surface area contributed by atoms with E-state index in [1.807, 2.05) is 32.9 Å². The molecule has 1 heterocycles. The van der Waals surface area contributed by atoms with E-state index in [2.05, 4.69) is 41.4 Å². The molecule has 0 saturated carbocycles. The topological polar surface area (TPSA) is 81.0 Å². The van der Waals surface area contributed by atoms with Gasteiger partial charge in [-0.1, -0.05) is 63.6 Å². The molecule has 174 valence electrons. The van der Waals surface area contributed by atoms with Crippen molar-refractivity contribution < 1.29 is 13.9 Å². The predicted octanol–water partition coefficient (Wildman–Crippen LogP) is 6.85. The number of anilines is 1. The number of nitrogens with one attached hydrogen (secondary N) is 1. The number of aromatic nitrogens is 2. The van der Waals surface area contributed by atoms with Gasteiger partial charge in [0.2, 0.25) is 0 Å². The Morgan fingerprint density at radius 3 is 2.56 bits per heavy atom. The van der Waals surface area contributed by atoms with Crippen molar-refractivity contribution in [1.29, 1.82) is 0 Å². The lowest BCUT2D eigenvalue weighted by Crippen LogP contribution is -2.11. The summed E-state index contributed by atoms with van der Waals surface area (Å²) in [5, 5.41) is 7.18. The number of hydrogen-bond acceptors (Lipinski definition) is 4. The number of benzene rings is 1. The second kappa shape index (κ2) is 14.8. The van der Waals surface area contributed by atoms with Crippen LogP contribution in [0, 0.1) is 12.7 Å². The summed E-state index contributed by atoms with van der Waals surface area (Å²) in [7, 11) is 0. The lowest BCUT2D eigenvalue weighted by Gasteiger charge is -2.17. The Balaban J connectivity index is 0.000000323. The standard InChI is InChI=1S/C13H18FNO2.C13H18N2/c1-3-5-12(17-13(16)4-2)9-6-7-10(14)11(15)8-9;1-4-6-7-9-12(8-5-2)13-10-11(3)14-15-13/h6-8,12H,3-5,15H2,1-2H3;5-10H,4H2,1-3H3,(H,14,15)/b;7-6+,8-5-,12-9+. The van der Waals surface area contributed by atoms with Crippen LogP contribution in [0.25, 0.3) is 5.57 Å². The zero-order valence-corrected chi connectivity index (χ0v) is 19.8. The molecule has 0 fully saturated rings. The molecular formula is C26H36FN3O2. The molecule has 0 spiro atoms. The number of nitrogens with zero attached hydrogens (tertiary/aromatic N) is 1. The first-order chi connectivity index (χ1) is 15.4.